The van der Waals surface area contributed by atoms with E-state index in [1.54, 1.807) is 11.8 Å². The second-order valence-electron chi connectivity index (χ2n) is 3.06. The predicted molar refractivity (Wildman–Crippen MR) is 64.4 cm³/mol. The summed E-state index contributed by atoms with van der Waals surface area (Å²) in [6.45, 7) is 0.238. The molecule has 0 bridgehead atoms. The van der Waals surface area contributed by atoms with Crippen LogP contribution >= 0.6 is 23.4 Å². The summed E-state index contributed by atoms with van der Waals surface area (Å²) in [5, 5.41) is 4.51. The van der Waals surface area contributed by atoms with Crippen LogP contribution in [0.1, 0.15) is 5.89 Å². The molecule has 0 unspecified atom stereocenters. The van der Waals surface area contributed by atoms with E-state index in [2.05, 4.69) is 10.1 Å². The molecule has 0 aliphatic carbocycles. The molecule has 2 aromatic rings. The number of rotatable bonds is 3. The van der Waals surface area contributed by atoms with Gasteiger partial charge in [-0.1, -0.05) is 16.8 Å². The minimum absolute atomic E-state index is 0.238. The van der Waals surface area contributed by atoms with Crippen LogP contribution in [0, 0.1) is 0 Å². The van der Waals surface area contributed by atoms with Crippen molar-refractivity contribution in [3.63, 3.8) is 0 Å². The van der Waals surface area contributed by atoms with E-state index >= 15 is 0 Å². The lowest BCUT2D eigenvalue weighted by Gasteiger charge is -2.02. The quantitative estimate of drug-likeness (QED) is 0.854. The molecule has 0 saturated carbocycles. The first-order valence-corrected chi connectivity index (χ1v) is 6.21. The van der Waals surface area contributed by atoms with E-state index in [-0.39, 0.29) is 6.54 Å². The maximum Gasteiger partial charge on any atom is 0.240 e. The van der Waals surface area contributed by atoms with Crippen molar-refractivity contribution in [3.8, 4) is 11.4 Å². The predicted octanol–water partition coefficient (Wildman–Crippen LogP) is 2.57. The van der Waals surface area contributed by atoms with E-state index in [9.17, 15) is 0 Å². The standard InChI is InChI=1S/C10H10ClN3OS/c1-16-8-3-2-6(11)4-7(8)10-13-9(5-12)15-14-10/h2-4H,5,12H2,1H3. The number of benzene rings is 1. The number of nitrogens with zero attached hydrogens (tertiary/aromatic N) is 2. The number of aromatic nitrogens is 2. The average Bonchev–Trinajstić information content (AvgIpc) is 2.77. The van der Waals surface area contributed by atoms with Gasteiger partial charge in [-0.15, -0.1) is 11.8 Å². The Morgan fingerprint density at radius 1 is 1.50 bits per heavy atom. The lowest BCUT2D eigenvalue weighted by Crippen LogP contribution is -1.95. The van der Waals surface area contributed by atoms with Crippen molar-refractivity contribution in [2.24, 2.45) is 5.73 Å². The zero-order valence-corrected chi connectivity index (χ0v) is 10.2. The zero-order chi connectivity index (χ0) is 11.5. The molecule has 0 aliphatic heterocycles. The highest BCUT2D eigenvalue weighted by molar-refractivity contribution is 7.98. The van der Waals surface area contributed by atoms with Gasteiger partial charge in [0.25, 0.3) is 0 Å². The van der Waals surface area contributed by atoms with Crippen LogP contribution in [-0.2, 0) is 6.54 Å². The average molecular weight is 256 g/mol. The van der Waals surface area contributed by atoms with Crippen LogP contribution in [0.4, 0.5) is 0 Å². The topological polar surface area (TPSA) is 64.9 Å². The van der Waals surface area contributed by atoms with E-state index in [0.717, 1.165) is 10.5 Å². The summed E-state index contributed by atoms with van der Waals surface area (Å²) in [7, 11) is 0. The molecule has 0 atom stereocenters. The van der Waals surface area contributed by atoms with E-state index in [0.29, 0.717) is 16.7 Å². The molecule has 16 heavy (non-hydrogen) atoms. The largest absolute Gasteiger partial charge is 0.338 e. The Bertz CT molecular complexity index is 501. The fraction of sp³-hybridized carbons (Fsp3) is 0.200. The van der Waals surface area contributed by atoms with Gasteiger partial charge in [-0.2, -0.15) is 4.98 Å². The molecular formula is C10H10ClN3OS. The molecule has 1 aromatic heterocycles. The van der Waals surface area contributed by atoms with Crippen molar-refractivity contribution in [2.75, 3.05) is 6.26 Å². The van der Waals surface area contributed by atoms with Gasteiger partial charge >= 0.3 is 0 Å². The molecule has 0 fully saturated rings. The normalized spacial score (nSPS) is 10.7. The molecule has 0 aliphatic rings. The third kappa shape index (κ3) is 2.21. The first-order chi connectivity index (χ1) is 7.74. The Morgan fingerprint density at radius 3 is 2.94 bits per heavy atom. The van der Waals surface area contributed by atoms with E-state index in [1.165, 1.54) is 0 Å². The van der Waals surface area contributed by atoms with Crippen molar-refractivity contribution >= 4 is 23.4 Å². The Labute approximate surface area is 102 Å². The van der Waals surface area contributed by atoms with E-state index in [4.69, 9.17) is 21.9 Å². The van der Waals surface area contributed by atoms with Crippen molar-refractivity contribution in [3.05, 3.63) is 29.1 Å². The van der Waals surface area contributed by atoms with Gasteiger partial charge in [-0.25, -0.2) is 0 Å². The van der Waals surface area contributed by atoms with Crippen molar-refractivity contribution in [1.29, 1.82) is 0 Å². The van der Waals surface area contributed by atoms with Crippen LogP contribution in [-0.4, -0.2) is 16.4 Å². The van der Waals surface area contributed by atoms with Crippen LogP contribution in [0.15, 0.2) is 27.6 Å². The highest BCUT2D eigenvalue weighted by Gasteiger charge is 2.12. The fourth-order valence-electron chi connectivity index (χ4n) is 1.30. The minimum Gasteiger partial charge on any atom is -0.338 e. The summed E-state index contributed by atoms with van der Waals surface area (Å²) >= 11 is 7.55. The van der Waals surface area contributed by atoms with Gasteiger partial charge < -0.3 is 10.3 Å². The van der Waals surface area contributed by atoms with E-state index in [1.807, 2.05) is 24.5 Å². The Kier molecular flexibility index (Phi) is 3.48. The molecule has 0 amide bonds. The molecule has 4 nitrogen and oxygen atoms in total. The number of nitrogens with two attached hydrogens (primary N) is 1. The Hall–Kier alpha value is -1.04. The summed E-state index contributed by atoms with van der Waals surface area (Å²) in [4.78, 5) is 5.22. The van der Waals surface area contributed by atoms with Crippen LogP contribution in [0.2, 0.25) is 5.02 Å². The smallest absolute Gasteiger partial charge is 0.240 e. The first kappa shape index (κ1) is 11.4. The molecule has 6 heteroatoms. The van der Waals surface area contributed by atoms with Crippen LogP contribution in [0.25, 0.3) is 11.4 Å². The SMILES string of the molecule is CSc1ccc(Cl)cc1-c1noc(CN)n1. The molecule has 0 spiro atoms. The summed E-state index contributed by atoms with van der Waals surface area (Å²) in [5.41, 5.74) is 6.28. The van der Waals surface area contributed by atoms with Gasteiger partial charge in [0.1, 0.15) is 0 Å². The summed E-state index contributed by atoms with van der Waals surface area (Å²) in [6.07, 6.45) is 1.98. The third-order valence-electron chi connectivity index (χ3n) is 2.05. The van der Waals surface area contributed by atoms with E-state index < -0.39 is 0 Å². The fourth-order valence-corrected chi connectivity index (χ4v) is 2.05. The molecule has 2 N–H and O–H groups in total. The zero-order valence-electron chi connectivity index (χ0n) is 8.61. The van der Waals surface area contributed by atoms with Gasteiger partial charge in [0.05, 0.1) is 6.54 Å². The second kappa shape index (κ2) is 4.86. The highest BCUT2D eigenvalue weighted by atomic mass is 35.5. The second-order valence-corrected chi connectivity index (χ2v) is 4.34. The number of thioether (sulfide) groups is 1. The number of halogens is 1. The molecular weight excluding hydrogens is 246 g/mol. The van der Waals surface area contributed by atoms with Crippen LogP contribution in [0.5, 0.6) is 0 Å². The van der Waals surface area contributed by atoms with Gasteiger partial charge in [-0.05, 0) is 24.5 Å². The molecule has 2 rings (SSSR count). The Morgan fingerprint density at radius 2 is 2.31 bits per heavy atom. The van der Waals surface area contributed by atoms with Gasteiger partial charge in [-0.3, -0.25) is 0 Å². The highest BCUT2D eigenvalue weighted by Crippen LogP contribution is 2.30. The van der Waals surface area contributed by atoms with Crippen LogP contribution in [0.3, 0.4) is 0 Å². The molecule has 0 radical (unpaired) electrons. The van der Waals surface area contributed by atoms with Crippen molar-refractivity contribution in [1.82, 2.24) is 10.1 Å². The monoisotopic (exact) mass is 255 g/mol. The molecule has 1 heterocycles. The molecule has 0 saturated heterocycles. The first-order valence-electron chi connectivity index (χ1n) is 4.61. The Balaban J connectivity index is 2.49. The summed E-state index contributed by atoms with van der Waals surface area (Å²) < 4.78 is 4.97. The maximum absolute atomic E-state index is 5.94. The summed E-state index contributed by atoms with van der Waals surface area (Å²) in [6, 6.07) is 5.58. The van der Waals surface area contributed by atoms with Crippen molar-refractivity contribution in [2.45, 2.75) is 11.4 Å². The number of hydrogen-bond donors (Lipinski definition) is 1. The molecule has 84 valence electrons. The summed E-state index contributed by atoms with van der Waals surface area (Å²) in [5.74, 6) is 0.939. The minimum atomic E-state index is 0.238. The lowest BCUT2D eigenvalue weighted by atomic mass is 10.2. The van der Waals surface area contributed by atoms with Gasteiger partial charge in [0.2, 0.25) is 11.7 Å². The van der Waals surface area contributed by atoms with Gasteiger partial charge in [0.15, 0.2) is 0 Å². The molecule has 1 aromatic carbocycles. The van der Waals surface area contributed by atoms with Gasteiger partial charge in [0, 0.05) is 15.5 Å². The number of hydrogen-bond acceptors (Lipinski definition) is 5. The lowest BCUT2D eigenvalue weighted by molar-refractivity contribution is 0.380. The maximum atomic E-state index is 5.94. The third-order valence-corrected chi connectivity index (χ3v) is 3.08. The van der Waals surface area contributed by atoms with Crippen LogP contribution < -0.4 is 5.73 Å². The van der Waals surface area contributed by atoms with Crippen molar-refractivity contribution < 1.29 is 4.52 Å².